The third-order valence-corrected chi connectivity index (χ3v) is 4.25. The maximum Gasteiger partial charge on any atom is 0.244 e. The molecular formula is C14H17N3O2S. The number of hydrogen-bond acceptors (Lipinski definition) is 4. The average molecular weight is 291 g/mol. The lowest BCUT2D eigenvalue weighted by molar-refractivity contribution is 0.584. The number of benzene rings is 1. The maximum absolute atomic E-state index is 12.1. The molecule has 0 aliphatic heterocycles. The van der Waals surface area contributed by atoms with Gasteiger partial charge in [0.2, 0.25) is 10.0 Å². The molecule has 2 aromatic rings. The van der Waals surface area contributed by atoms with Gasteiger partial charge in [-0.2, -0.15) is 0 Å². The highest BCUT2D eigenvalue weighted by molar-refractivity contribution is 7.89. The summed E-state index contributed by atoms with van der Waals surface area (Å²) in [5.41, 5.74) is 1.89. The van der Waals surface area contributed by atoms with Crippen LogP contribution < -0.4 is 10.0 Å². The first-order chi connectivity index (χ1) is 9.53. The van der Waals surface area contributed by atoms with Crippen LogP contribution in [0.15, 0.2) is 47.5 Å². The smallest absolute Gasteiger partial charge is 0.244 e. The fraction of sp³-hybridized carbons (Fsp3) is 0.214. The molecule has 0 fully saturated rings. The Bertz CT molecular complexity index is 699. The van der Waals surface area contributed by atoms with Gasteiger partial charge in [-0.1, -0.05) is 19.1 Å². The van der Waals surface area contributed by atoms with Crippen LogP contribution in [-0.2, 0) is 10.0 Å². The van der Waals surface area contributed by atoms with Gasteiger partial charge in [0.15, 0.2) is 5.82 Å². The summed E-state index contributed by atoms with van der Waals surface area (Å²) in [6.07, 6.45) is 1.56. The van der Waals surface area contributed by atoms with E-state index >= 15 is 0 Å². The van der Waals surface area contributed by atoms with E-state index in [4.69, 9.17) is 0 Å². The van der Waals surface area contributed by atoms with Gasteiger partial charge in [-0.25, -0.2) is 18.1 Å². The Balaban J connectivity index is 2.38. The highest BCUT2D eigenvalue weighted by Gasteiger charge is 2.18. The molecule has 0 amide bonds. The number of sulfonamides is 1. The van der Waals surface area contributed by atoms with Crippen molar-refractivity contribution in [2.24, 2.45) is 0 Å². The number of hydrogen-bond donors (Lipinski definition) is 2. The zero-order valence-corrected chi connectivity index (χ0v) is 12.2. The molecule has 2 rings (SSSR count). The Labute approximate surface area is 119 Å². The number of nitrogens with one attached hydrogen (secondary N) is 2. The summed E-state index contributed by atoms with van der Waals surface area (Å²) < 4.78 is 26.7. The van der Waals surface area contributed by atoms with Crippen molar-refractivity contribution in [3.05, 3.63) is 48.2 Å². The molecule has 0 aliphatic rings. The molecule has 0 bridgehead atoms. The summed E-state index contributed by atoms with van der Waals surface area (Å²) in [6.45, 7) is 4.04. The van der Waals surface area contributed by atoms with Gasteiger partial charge in [-0.3, -0.25) is 0 Å². The molecule has 0 saturated heterocycles. The molecule has 0 unspecified atom stereocenters. The molecule has 1 aromatic carbocycles. The van der Waals surface area contributed by atoms with E-state index in [1.165, 1.54) is 6.07 Å². The SMILES string of the molecule is CCNS(=O)(=O)c1cccnc1Nc1cccc(C)c1. The third-order valence-electron chi connectivity index (χ3n) is 2.68. The monoisotopic (exact) mass is 291 g/mol. The van der Waals surface area contributed by atoms with Gasteiger partial charge in [0.25, 0.3) is 0 Å². The van der Waals surface area contributed by atoms with Gasteiger partial charge < -0.3 is 5.32 Å². The Kier molecular flexibility index (Phi) is 4.36. The summed E-state index contributed by atoms with van der Waals surface area (Å²) >= 11 is 0. The second-order valence-corrected chi connectivity index (χ2v) is 6.08. The normalized spacial score (nSPS) is 11.3. The van der Waals surface area contributed by atoms with Crippen LogP contribution in [0.5, 0.6) is 0 Å². The lowest BCUT2D eigenvalue weighted by Gasteiger charge is -2.11. The van der Waals surface area contributed by atoms with Gasteiger partial charge in [-0.05, 0) is 36.8 Å². The van der Waals surface area contributed by atoms with Crippen LogP contribution in [0.4, 0.5) is 11.5 Å². The largest absolute Gasteiger partial charge is 0.339 e. The molecular weight excluding hydrogens is 274 g/mol. The van der Waals surface area contributed by atoms with Gasteiger partial charge in [0.1, 0.15) is 4.90 Å². The molecule has 0 atom stereocenters. The molecule has 1 aromatic heterocycles. The fourth-order valence-corrected chi connectivity index (χ4v) is 2.98. The molecule has 0 saturated carbocycles. The molecule has 2 N–H and O–H groups in total. The van der Waals surface area contributed by atoms with Crippen LogP contribution in [-0.4, -0.2) is 19.9 Å². The number of anilines is 2. The number of aryl methyl sites for hydroxylation is 1. The molecule has 106 valence electrons. The highest BCUT2D eigenvalue weighted by Crippen LogP contribution is 2.22. The van der Waals surface area contributed by atoms with Crippen molar-refractivity contribution in [3.63, 3.8) is 0 Å². The van der Waals surface area contributed by atoms with Crippen LogP contribution in [0, 0.1) is 6.92 Å². The zero-order valence-electron chi connectivity index (χ0n) is 11.4. The second kappa shape index (κ2) is 6.02. The summed E-state index contributed by atoms with van der Waals surface area (Å²) in [7, 11) is -3.55. The molecule has 5 nitrogen and oxygen atoms in total. The van der Waals surface area contributed by atoms with Crippen molar-refractivity contribution < 1.29 is 8.42 Å². The van der Waals surface area contributed by atoms with E-state index in [1.54, 1.807) is 19.2 Å². The van der Waals surface area contributed by atoms with Crippen molar-refractivity contribution >= 4 is 21.5 Å². The molecule has 20 heavy (non-hydrogen) atoms. The minimum absolute atomic E-state index is 0.142. The number of aromatic nitrogens is 1. The van der Waals surface area contributed by atoms with E-state index in [0.717, 1.165) is 11.3 Å². The lowest BCUT2D eigenvalue weighted by atomic mass is 10.2. The minimum atomic E-state index is -3.55. The molecule has 0 aliphatic carbocycles. The fourth-order valence-electron chi connectivity index (χ4n) is 1.83. The van der Waals surface area contributed by atoms with Crippen LogP contribution in [0.25, 0.3) is 0 Å². The summed E-state index contributed by atoms with van der Waals surface area (Å²) in [6, 6.07) is 10.8. The van der Waals surface area contributed by atoms with Crippen molar-refractivity contribution in [2.75, 3.05) is 11.9 Å². The molecule has 6 heteroatoms. The first-order valence-corrected chi connectivity index (χ1v) is 7.79. The van der Waals surface area contributed by atoms with Crippen molar-refractivity contribution in [1.29, 1.82) is 0 Å². The Morgan fingerprint density at radius 3 is 2.70 bits per heavy atom. The van der Waals surface area contributed by atoms with Gasteiger partial charge >= 0.3 is 0 Å². The number of nitrogens with zero attached hydrogens (tertiary/aromatic N) is 1. The van der Waals surface area contributed by atoms with E-state index < -0.39 is 10.0 Å². The van der Waals surface area contributed by atoms with Crippen molar-refractivity contribution in [1.82, 2.24) is 9.71 Å². The first-order valence-electron chi connectivity index (χ1n) is 6.31. The first kappa shape index (κ1) is 14.5. The summed E-state index contributed by atoms with van der Waals surface area (Å²) in [5, 5.41) is 3.05. The summed E-state index contributed by atoms with van der Waals surface area (Å²) in [4.78, 5) is 4.26. The average Bonchev–Trinajstić information content (AvgIpc) is 2.39. The second-order valence-electron chi connectivity index (χ2n) is 4.35. The zero-order chi connectivity index (χ0) is 14.6. The number of rotatable bonds is 5. The van der Waals surface area contributed by atoms with Crippen LogP contribution in [0.3, 0.4) is 0 Å². The Morgan fingerprint density at radius 2 is 2.00 bits per heavy atom. The van der Waals surface area contributed by atoms with Gasteiger partial charge in [0, 0.05) is 18.4 Å². The van der Waals surface area contributed by atoms with Crippen LogP contribution in [0.1, 0.15) is 12.5 Å². The minimum Gasteiger partial charge on any atom is -0.339 e. The maximum atomic E-state index is 12.1. The standard InChI is InChI=1S/C14H17N3O2S/c1-3-16-20(18,19)13-8-5-9-15-14(13)17-12-7-4-6-11(2)10-12/h4-10,16H,3H2,1-2H3,(H,15,17). The van der Waals surface area contributed by atoms with E-state index in [9.17, 15) is 8.42 Å². The predicted molar refractivity (Wildman–Crippen MR) is 79.6 cm³/mol. The van der Waals surface area contributed by atoms with Crippen LogP contribution in [0.2, 0.25) is 0 Å². The molecule has 0 radical (unpaired) electrons. The Hall–Kier alpha value is -1.92. The number of pyridine rings is 1. The predicted octanol–water partition coefficient (Wildman–Crippen LogP) is 2.43. The highest BCUT2D eigenvalue weighted by atomic mass is 32.2. The Morgan fingerprint density at radius 1 is 1.20 bits per heavy atom. The van der Waals surface area contributed by atoms with E-state index in [2.05, 4.69) is 15.0 Å². The molecule has 1 heterocycles. The van der Waals surface area contributed by atoms with E-state index in [1.807, 2.05) is 31.2 Å². The van der Waals surface area contributed by atoms with Crippen molar-refractivity contribution in [2.45, 2.75) is 18.7 Å². The topological polar surface area (TPSA) is 71.1 Å². The van der Waals surface area contributed by atoms with Gasteiger partial charge in [-0.15, -0.1) is 0 Å². The van der Waals surface area contributed by atoms with Gasteiger partial charge in [0.05, 0.1) is 0 Å². The third kappa shape index (κ3) is 3.34. The quantitative estimate of drug-likeness (QED) is 0.887. The van der Waals surface area contributed by atoms with E-state index in [0.29, 0.717) is 12.4 Å². The van der Waals surface area contributed by atoms with E-state index in [-0.39, 0.29) is 4.90 Å². The lowest BCUT2D eigenvalue weighted by Crippen LogP contribution is -2.24. The van der Waals surface area contributed by atoms with Crippen molar-refractivity contribution in [3.8, 4) is 0 Å². The van der Waals surface area contributed by atoms with Crippen LogP contribution >= 0.6 is 0 Å². The molecule has 0 spiro atoms. The summed E-state index contributed by atoms with van der Waals surface area (Å²) in [5.74, 6) is 0.319.